The molecule has 7 nitrogen and oxygen atoms in total. The Morgan fingerprint density at radius 2 is 2.04 bits per heavy atom. The number of rotatable bonds is 6. The van der Waals surface area contributed by atoms with Crippen molar-refractivity contribution in [2.75, 3.05) is 31.6 Å². The van der Waals surface area contributed by atoms with Gasteiger partial charge in [0.15, 0.2) is 0 Å². The molecular weight excluding hydrogens is 354 g/mol. The van der Waals surface area contributed by atoms with Crippen LogP contribution in [0.3, 0.4) is 0 Å². The number of benzene rings is 1. The van der Waals surface area contributed by atoms with Crippen LogP contribution in [-0.4, -0.2) is 51.8 Å². The van der Waals surface area contributed by atoms with Gasteiger partial charge in [-0.1, -0.05) is 12.5 Å². The van der Waals surface area contributed by atoms with E-state index in [4.69, 9.17) is 4.74 Å². The number of carbonyl (C=O) groups is 1. The second kappa shape index (κ2) is 8.39. The maximum atomic E-state index is 12.3. The number of fused-ring (bicyclic) bond motifs is 1. The molecule has 0 aliphatic carbocycles. The molecule has 1 N–H and O–H groups in total. The average Bonchev–Trinajstić information content (AvgIpc) is 3.04. The minimum absolute atomic E-state index is 0.236. The van der Waals surface area contributed by atoms with Crippen molar-refractivity contribution >= 4 is 22.5 Å². The molecule has 1 fully saturated rings. The minimum atomic E-state index is -0.236. The zero-order chi connectivity index (χ0) is 19.3. The van der Waals surface area contributed by atoms with Crippen LogP contribution < -0.4 is 10.1 Å². The molecule has 7 heteroatoms. The summed E-state index contributed by atoms with van der Waals surface area (Å²) < 4.78 is 7.74. The number of anilines is 1. The van der Waals surface area contributed by atoms with Crippen LogP contribution in [0.1, 0.15) is 29.8 Å². The molecule has 28 heavy (non-hydrogen) atoms. The summed E-state index contributed by atoms with van der Waals surface area (Å²) in [6.07, 6.45) is 5.49. The number of nitrogens with zero attached hydrogens (tertiary/aromatic N) is 4. The van der Waals surface area contributed by atoms with Crippen molar-refractivity contribution in [3.63, 3.8) is 0 Å². The smallest absolute Gasteiger partial charge is 0.274 e. The van der Waals surface area contributed by atoms with Crippen LogP contribution in [0.2, 0.25) is 0 Å². The van der Waals surface area contributed by atoms with Crippen molar-refractivity contribution in [1.29, 1.82) is 0 Å². The number of hydrogen-bond donors (Lipinski definition) is 1. The van der Waals surface area contributed by atoms with Crippen LogP contribution in [0.4, 0.5) is 5.69 Å². The topological polar surface area (TPSA) is 72.3 Å². The van der Waals surface area contributed by atoms with Crippen LogP contribution in [-0.2, 0) is 7.05 Å². The van der Waals surface area contributed by atoms with E-state index in [1.54, 1.807) is 29.1 Å². The van der Waals surface area contributed by atoms with E-state index in [-0.39, 0.29) is 5.91 Å². The Hall–Kier alpha value is -2.93. The third kappa shape index (κ3) is 4.14. The molecule has 0 radical (unpaired) electrons. The van der Waals surface area contributed by atoms with Gasteiger partial charge in [-0.25, -0.2) is 0 Å². The Bertz CT molecular complexity index is 948. The number of hydrogen-bond acceptors (Lipinski definition) is 5. The van der Waals surface area contributed by atoms with Gasteiger partial charge in [0.05, 0.1) is 10.9 Å². The monoisotopic (exact) mass is 379 g/mol. The van der Waals surface area contributed by atoms with Gasteiger partial charge in [-0.05, 0) is 56.3 Å². The predicted octanol–water partition coefficient (Wildman–Crippen LogP) is 3.09. The van der Waals surface area contributed by atoms with E-state index in [2.05, 4.69) is 20.3 Å². The SMILES string of the molecule is Cn1nc(OCCN2CCCCC2)c2ccc(NC(=O)c3ccccn3)cc21. The fourth-order valence-electron chi connectivity index (χ4n) is 3.56. The maximum absolute atomic E-state index is 12.3. The molecular formula is C21H25N5O2. The number of aromatic nitrogens is 3. The summed E-state index contributed by atoms with van der Waals surface area (Å²) >= 11 is 0. The summed E-state index contributed by atoms with van der Waals surface area (Å²) in [5.74, 6) is 0.400. The number of piperidine rings is 1. The maximum Gasteiger partial charge on any atom is 0.274 e. The normalized spacial score (nSPS) is 14.9. The number of carbonyl (C=O) groups excluding carboxylic acids is 1. The quantitative estimate of drug-likeness (QED) is 0.713. The Kier molecular flexibility index (Phi) is 5.53. The zero-order valence-electron chi connectivity index (χ0n) is 16.1. The Balaban J connectivity index is 1.43. The summed E-state index contributed by atoms with van der Waals surface area (Å²) in [5.41, 5.74) is 1.99. The third-order valence-electron chi connectivity index (χ3n) is 5.07. The number of likely N-dealkylation sites (tertiary alicyclic amines) is 1. The van der Waals surface area contributed by atoms with Crippen LogP contribution in [0.25, 0.3) is 10.9 Å². The molecule has 1 aromatic carbocycles. The van der Waals surface area contributed by atoms with Gasteiger partial charge in [-0.15, -0.1) is 5.10 Å². The van der Waals surface area contributed by atoms with Crippen molar-refractivity contribution in [3.05, 3.63) is 48.3 Å². The van der Waals surface area contributed by atoms with E-state index >= 15 is 0 Å². The summed E-state index contributed by atoms with van der Waals surface area (Å²) in [7, 11) is 1.88. The highest BCUT2D eigenvalue weighted by Gasteiger charge is 2.14. The molecule has 0 atom stereocenters. The first-order valence-electron chi connectivity index (χ1n) is 9.75. The fourth-order valence-corrected chi connectivity index (χ4v) is 3.56. The van der Waals surface area contributed by atoms with Gasteiger partial charge in [0.1, 0.15) is 12.3 Å². The van der Waals surface area contributed by atoms with Crippen LogP contribution >= 0.6 is 0 Å². The number of amides is 1. The van der Waals surface area contributed by atoms with Gasteiger partial charge in [0.25, 0.3) is 5.91 Å². The number of nitrogens with one attached hydrogen (secondary N) is 1. The highest BCUT2D eigenvalue weighted by atomic mass is 16.5. The Morgan fingerprint density at radius 1 is 1.18 bits per heavy atom. The lowest BCUT2D eigenvalue weighted by Crippen LogP contribution is -2.33. The second-order valence-corrected chi connectivity index (χ2v) is 7.08. The van der Waals surface area contributed by atoms with Gasteiger partial charge in [0.2, 0.25) is 5.88 Å². The molecule has 3 aromatic rings. The molecule has 4 rings (SSSR count). The summed E-state index contributed by atoms with van der Waals surface area (Å²) in [6, 6.07) is 11.0. The van der Waals surface area contributed by atoms with Gasteiger partial charge in [-0.3, -0.25) is 19.4 Å². The molecule has 146 valence electrons. The van der Waals surface area contributed by atoms with E-state index < -0.39 is 0 Å². The van der Waals surface area contributed by atoms with E-state index in [9.17, 15) is 4.79 Å². The van der Waals surface area contributed by atoms with E-state index in [1.165, 1.54) is 19.3 Å². The molecule has 0 unspecified atom stereocenters. The van der Waals surface area contributed by atoms with Gasteiger partial charge >= 0.3 is 0 Å². The molecule has 0 bridgehead atoms. The molecule has 1 amide bonds. The van der Waals surface area contributed by atoms with Crippen molar-refractivity contribution in [1.82, 2.24) is 19.7 Å². The Labute approximate surface area is 164 Å². The fraction of sp³-hybridized carbons (Fsp3) is 0.381. The second-order valence-electron chi connectivity index (χ2n) is 7.08. The number of ether oxygens (including phenoxy) is 1. The van der Waals surface area contributed by atoms with Crippen molar-refractivity contribution < 1.29 is 9.53 Å². The first-order chi connectivity index (χ1) is 13.7. The summed E-state index contributed by atoms with van der Waals surface area (Å²) in [6.45, 7) is 3.87. The molecule has 1 saturated heterocycles. The lowest BCUT2D eigenvalue weighted by atomic mass is 10.1. The average molecular weight is 379 g/mol. The summed E-state index contributed by atoms with van der Waals surface area (Å²) in [5, 5.41) is 8.33. The highest BCUT2D eigenvalue weighted by molar-refractivity contribution is 6.03. The largest absolute Gasteiger partial charge is 0.475 e. The van der Waals surface area contributed by atoms with E-state index in [0.717, 1.165) is 30.5 Å². The number of aryl methyl sites for hydroxylation is 1. The third-order valence-corrected chi connectivity index (χ3v) is 5.07. The Morgan fingerprint density at radius 3 is 2.82 bits per heavy atom. The predicted molar refractivity (Wildman–Crippen MR) is 109 cm³/mol. The van der Waals surface area contributed by atoms with E-state index in [0.29, 0.717) is 23.9 Å². The van der Waals surface area contributed by atoms with Crippen molar-refractivity contribution in [3.8, 4) is 5.88 Å². The van der Waals surface area contributed by atoms with Gasteiger partial charge in [-0.2, -0.15) is 0 Å². The standard InChI is InChI=1S/C21H25N5O2/c1-25-19-15-16(23-20(27)18-7-3-4-10-22-18)8-9-17(19)21(24-25)28-14-13-26-11-5-2-6-12-26/h3-4,7-10,15H,2,5-6,11-14H2,1H3,(H,23,27). The molecule has 1 aliphatic heterocycles. The minimum Gasteiger partial charge on any atom is -0.475 e. The van der Waals surface area contributed by atoms with E-state index in [1.807, 2.05) is 25.2 Å². The highest BCUT2D eigenvalue weighted by Crippen LogP contribution is 2.27. The molecule has 3 heterocycles. The van der Waals surface area contributed by atoms with Gasteiger partial charge < -0.3 is 10.1 Å². The molecule has 0 spiro atoms. The lowest BCUT2D eigenvalue weighted by Gasteiger charge is -2.25. The summed E-state index contributed by atoms with van der Waals surface area (Å²) in [4.78, 5) is 18.8. The molecule has 0 saturated carbocycles. The number of pyridine rings is 1. The van der Waals surface area contributed by atoms with Gasteiger partial charge in [0, 0.05) is 25.5 Å². The first kappa shape index (κ1) is 18.4. The van der Waals surface area contributed by atoms with Crippen LogP contribution in [0.5, 0.6) is 5.88 Å². The first-order valence-corrected chi connectivity index (χ1v) is 9.75. The molecule has 2 aromatic heterocycles. The van der Waals surface area contributed by atoms with Crippen LogP contribution in [0, 0.1) is 0 Å². The van der Waals surface area contributed by atoms with Crippen LogP contribution in [0.15, 0.2) is 42.6 Å². The van der Waals surface area contributed by atoms with Crippen molar-refractivity contribution in [2.45, 2.75) is 19.3 Å². The zero-order valence-corrected chi connectivity index (χ0v) is 16.1. The lowest BCUT2D eigenvalue weighted by molar-refractivity contribution is 0.102. The molecule has 1 aliphatic rings. The van der Waals surface area contributed by atoms with Crippen molar-refractivity contribution in [2.24, 2.45) is 7.05 Å².